The van der Waals surface area contributed by atoms with E-state index < -0.39 is 5.92 Å². The second-order valence-electron chi connectivity index (χ2n) is 8.48. The van der Waals surface area contributed by atoms with Gasteiger partial charge in [-0.2, -0.15) is 0 Å². The van der Waals surface area contributed by atoms with Crippen LogP contribution in [0.5, 0.6) is 0 Å². The van der Waals surface area contributed by atoms with Gasteiger partial charge in [0.2, 0.25) is 5.91 Å². The lowest BCUT2D eigenvalue weighted by molar-refractivity contribution is -0.126. The minimum Gasteiger partial charge on any atom is -0.352 e. The molecule has 1 heterocycles. The molecule has 32 heavy (non-hydrogen) atoms. The molecule has 0 aromatic heterocycles. The Morgan fingerprint density at radius 3 is 2.62 bits per heavy atom. The normalized spacial score (nSPS) is 18.3. The van der Waals surface area contributed by atoms with E-state index in [1.54, 1.807) is 36.1 Å². The van der Waals surface area contributed by atoms with Gasteiger partial charge >= 0.3 is 6.03 Å². The molecule has 1 aliphatic heterocycles. The molecule has 0 radical (unpaired) electrons. The number of hydrogen-bond donors (Lipinski definition) is 2. The van der Waals surface area contributed by atoms with Gasteiger partial charge in [0.1, 0.15) is 11.6 Å². The Kier molecular flexibility index (Phi) is 8.20. The highest BCUT2D eigenvalue weighted by Gasteiger charge is 2.34. The number of unbranched alkanes of at least 4 members (excludes halogenated alkanes) is 1. The van der Waals surface area contributed by atoms with Crippen molar-refractivity contribution < 1.29 is 18.4 Å². The van der Waals surface area contributed by atoms with Crippen molar-refractivity contribution in [2.75, 3.05) is 19.6 Å². The molecule has 0 unspecified atom stereocenters. The molecule has 0 saturated carbocycles. The summed E-state index contributed by atoms with van der Waals surface area (Å²) in [5.41, 5.74) is 2.13. The van der Waals surface area contributed by atoms with Crippen LogP contribution in [-0.2, 0) is 11.3 Å². The number of halogens is 2. The van der Waals surface area contributed by atoms with Crippen LogP contribution >= 0.6 is 0 Å². The number of rotatable bonds is 7. The average Bonchev–Trinajstić information content (AvgIpc) is 2.79. The Morgan fingerprint density at radius 1 is 1.09 bits per heavy atom. The van der Waals surface area contributed by atoms with E-state index in [1.165, 1.54) is 18.2 Å². The molecule has 0 aliphatic carbocycles. The fourth-order valence-corrected chi connectivity index (χ4v) is 4.08. The second kappa shape index (κ2) is 11.1. The Balaban J connectivity index is 1.73. The van der Waals surface area contributed by atoms with Crippen molar-refractivity contribution in [3.63, 3.8) is 0 Å². The summed E-state index contributed by atoms with van der Waals surface area (Å²) >= 11 is 0. The number of piperidine rings is 1. The number of likely N-dealkylation sites (tertiary alicyclic amines) is 1. The van der Waals surface area contributed by atoms with Crippen LogP contribution in [0, 0.1) is 24.5 Å². The number of nitrogens with zero attached hydrogens (tertiary/aromatic N) is 1. The van der Waals surface area contributed by atoms with Crippen LogP contribution in [0.1, 0.15) is 48.8 Å². The maximum atomic E-state index is 13.8. The Hall–Kier alpha value is -2.96. The van der Waals surface area contributed by atoms with Gasteiger partial charge in [0, 0.05) is 32.1 Å². The smallest absolute Gasteiger partial charge is 0.317 e. The third-order valence-electron chi connectivity index (χ3n) is 5.92. The van der Waals surface area contributed by atoms with Gasteiger partial charge in [-0.3, -0.25) is 4.79 Å². The van der Waals surface area contributed by atoms with Crippen molar-refractivity contribution >= 4 is 11.9 Å². The first-order chi connectivity index (χ1) is 15.4. The number of carbonyl (C=O) groups excluding carboxylic acids is 2. The summed E-state index contributed by atoms with van der Waals surface area (Å²) < 4.78 is 27.2. The monoisotopic (exact) mass is 443 g/mol. The minimum atomic E-state index is -0.412. The van der Waals surface area contributed by atoms with Crippen molar-refractivity contribution in [2.24, 2.45) is 5.92 Å². The van der Waals surface area contributed by atoms with Crippen LogP contribution in [0.2, 0.25) is 0 Å². The van der Waals surface area contributed by atoms with Gasteiger partial charge in [-0.15, -0.1) is 0 Å². The summed E-state index contributed by atoms with van der Waals surface area (Å²) in [5.74, 6) is -1.29. The first-order valence-corrected chi connectivity index (χ1v) is 11.2. The fourth-order valence-electron chi connectivity index (χ4n) is 4.08. The summed E-state index contributed by atoms with van der Waals surface area (Å²) in [7, 11) is 0. The summed E-state index contributed by atoms with van der Waals surface area (Å²) in [6.45, 7) is 5.35. The van der Waals surface area contributed by atoms with Crippen molar-refractivity contribution in [1.82, 2.24) is 15.5 Å². The van der Waals surface area contributed by atoms with Gasteiger partial charge < -0.3 is 15.5 Å². The van der Waals surface area contributed by atoms with E-state index in [4.69, 9.17) is 0 Å². The molecule has 7 heteroatoms. The number of benzene rings is 2. The highest BCUT2D eigenvalue weighted by Crippen LogP contribution is 2.31. The fraction of sp³-hybridized carbons (Fsp3) is 0.440. The van der Waals surface area contributed by atoms with Crippen LogP contribution in [0.4, 0.5) is 13.6 Å². The number of aryl methyl sites for hydroxylation is 1. The molecule has 2 aromatic carbocycles. The number of hydrogen-bond acceptors (Lipinski definition) is 2. The molecule has 0 spiro atoms. The predicted molar refractivity (Wildman–Crippen MR) is 120 cm³/mol. The summed E-state index contributed by atoms with van der Waals surface area (Å²) in [6.07, 6.45) is 2.42. The van der Waals surface area contributed by atoms with Crippen LogP contribution in [0.15, 0.2) is 42.5 Å². The van der Waals surface area contributed by atoms with E-state index in [0.717, 1.165) is 18.4 Å². The lowest BCUT2D eigenvalue weighted by Crippen LogP contribution is -2.51. The molecule has 1 saturated heterocycles. The number of amides is 3. The largest absolute Gasteiger partial charge is 0.352 e. The van der Waals surface area contributed by atoms with Crippen molar-refractivity contribution in [2.45, 2.75) is 45.6 Å². The van der Waals surface area contributed by atoms with Gasteiger partial charge in [-0.25, -0.2) is 13.6 Å². The molecule has 2 aromatic rings. The van der Waals surface area contributed by atoms with Crippen LogP contribution < -0.4 is 10.6 Å². The van der Waals surface area contributed by atoms with Gasteiger partial charge in [0.15, 0.2) is 0 Å². The van der Waals surface area contributed by atoms with Gasteiger partial charge in [0.05, 0.1) is 5.92 Å². The lowest BCUT2D eigenvalue weighted by atomic mass is 9.83. The number of carbonyl (C=O) groups is 2. The highest BCUT2D eigenvalue weighted by atomic mass is 19.1. The molecule has 172 valence electrons. The second-order valence-corrected chi connectivity index (χ2v) is 8.48. The van der Waals surface area contributed by atoms with Crippen molar-refractivity contribution in [3.05, 3.63) is 70.8 Å². The van der Waals surface area contributed by atoms with Crippen LogP contribution in [0.25, 0.3) is 0 Å². The van der Waals surface area contributed by atoms with Crippen LogP contribution in [-0.4, -0.2) is 36.5 Å². The van der Waals surface area contributed by atoms with Gasteiger partial charge in [-0.05, 0) is 54.7 Å². The summed E-state index contributed by atoms with van der Waals surface area (Å²) in [4.78, 5) is 27.4. The zero-order valence-corrected chi connectivity index (χ0v) is 18.7. The lowest BCUT2D eigenvalue weighted by Gasteiger charge is -2.37. The summed E-state index contributed by atoms with van der Waals surface area (Å²) in [5, 5.41) is 5.80. The highest BCUT2D eigenvalue weighted by molar-refractivity contribution is 5.81. The minimum absolute atomic E-state index is 0.0788. The number of urea groups is 1. The van der Waals surface area contributed by atoms with E-state index in [0.29, 0.717) is 37.2 Å². The molecule has 5 nitrogen and oxygen atoms in total. The zero-order valence-electron chi connectivity index (χ0n) is 18.7. The maximum absolute atomic E-state index is 13.8. The van der Waals surface area contributed by atoms with E-state index in [1.807, 2.05) is 0 Å². The third-order valence-corrected chi connectivity index (χ3v) is 5.92. The van der Waals surface area contributed by atoms with Crippen molar-refractivity contribution in [3.8, 4) is 0 Å². The SMILES string of the molecule is CCCCNC(=O)N1C[C@@H](C(=O)NCc2cccc(F)c2)C[C@H](c2ccc(F)c(C)c2)C1. The van der Waals surface area contributed by atoms with Crippen LogP contribution in [0.3, 0.4) is 0 Å². The molecular weight excluding hydrogens is 412 g/mol. The van der Waals surface area contributed by atoms with E-state index in [2.05, 4.69) is 17.6 Å². The quantitative estimate of drug-likeness (QED) is 0.619. The molecule has 2 atom stereocenters. The predicted octanol–water partition coefficient (Wildman–Crippen LogP) is 4.50. The molecule has 1 fully saturated rings. The standard InChI is InChI=1S/C25H31F2N3O2/c1-3-4-10-28-25(32)30-15-20(19-8-9-23(27)17(2)11-19)13-21(16-30)24(31)29-14-18-6-5-7-22(26)12-18/h5-9,11-12,20-21H,3-4,10,13-16H2,1-2H3,(H,28,32)(H,29,31)/t20-,21-/m0/s1. The molecule has 2 N–H and O–H groups in total. The maximum Gasteiger partial charge on any atom is 0.317 e. The number of nitrogens with one attached hydrogen (secondary N) is 2. The van der Waals surface area contributed by atoms with E-state index >= 15 is 0 Å². The average molecular weight is 444 g/mol. The zero-order chi connectivity index (χ0) is 23.1. The molecule has 0 bridgehead atoms. The topological polar surface area (TPSA) is 61.4 Å². The Bertz CT molecular complexity index is 951. The summed E-state index contributed by atoms with van der Waals surface area (Å²) in [6, 6.07) is 10.9. The molecule has 3 amide bonds. The molecule has 3 rings (SSSR count). The van der Waals surface area contributed by atoms with Crippen molar-refractivity contribution in [1.29, 1.82) is 0 Å². The van der Waals surface area contributed by atoms with Gasteiger partial charge in [-0.1, -0.05) is 37.6 Å². The third kappa shape index (κ3) is 6.28. The first-order valence-electron chi connectivity index (χ1n) is 11.2. The molecule has 1 aliphatic rings. The van der Waals surface area contributed by atoms with E-state index in [9.17, 15) is 18.4 Å². The Labute approximate surface area is 188 Å². The Morgan fingerprint density at radius 2 is 1.91 bits per heavy atom. The molecular formula is C25H31F2N3O2. The first kappa shape index (κ1) is 23.7. The van der Waals surface area contributed by atoms with E-state index in [-0.39, 0.29) is 36.0 Å². The van der Waals surface area contributed by atoms with Gasteiger partial charge in [0.25, 0.3) is 0 Å².